The van der Waals surface area contributed by atoms with Crippen molar-refractivity contribution in [1.29, 1.82) is 0 Å². The number of hydrogen-bond acceptors (Lipinski definition) is 11. The van der Waals surface area contributed by atoms with Gasteiger partial charge in [0.15, 0.2) is 5.13 Å². The lowest BCUT2D eigenvalue weighted by Crippen LogP contribution is -2.63. The largest absolute Gasteiger partial charge is 0.547 e. The molecule has 0 unspecified atom stereocenters. The van der Waals surface area contributed by atoms with Crippen LogP contribution in [-0.2, 0) is 16.0 Å². The Balaban J connectivity index is 1.79. The second-order valence-electron chi connectivity index (χ2n) is 7.88. The van der Waals surface area contributed by atoms with Crippen LogP contribution in [0.1, 0.15) is 22.3 Å². The molecular weight excluding hydrogens is 450 g/mol. The summed E-state index contributed by atoms with van der Waals surface area (Å²) >= 11 is 1.43. The highest BCUT2D eigenvalue weighted by Gasteiger charge is 2.46. The molecule has 1 fully saturated rings. The number of anilines is 1. The summed E-state index contributed by atoms with van der Waals surface area (Å²) in [4.78, 5) is 20.2. The van der Waals surface area contributed by atoms with E-state index in [0.717, 1.165) is 32.5 Å². The molecule has 0 aliphatic carbocycles. The molecule has 176 valence electrons. The number of aliphatic hydroxyl groups is 3. The normalized spacial score (nSPS) is 25.2. The molecule has 0 spiro atoms. The molecule has 1 aromatic carbocycles. The van der Waals surface area contributed by atoms with Gasteiger partial charge in [0.2, 0.25) is 6.29 Å². The maximum absolute atomic E-state index is 11.4. The van der Waals surface area contributed by atoms with Crippen LogP contribution in [0.25, 0.3) is 10.2 Å². The van der Waals surface area contributed by atoms with E-state index in [1.807, 2.05) is 26.0 Å². The molecule has 0 radical (unpaired) electrons. The summed E-state index contributed by atoms with van der Waals surface area (Å²) in [6, 6.07) is 3.78. The number of ether oxygens (including phenoxy) is 2. The van der Waals surface area contributed by atoms with Crippen LogP contribution >= 0.6 is 11.3 Å². The molecule has 1 saturated heterocycles. The van der Waals surface area contributed by atoms with Crippen LogP contribution in [0.2, 0.25) is 0 Å². The molecule has 11 heteroatoms. The highest BCUT2D eigenvalue weighted by molar-refractivity contribution is 7.22. The Kier molecular flexibility index (Phi) is 6.50. The molecule has 0 amide bonds. The molecule has 1 aliphatic rings. The summed E-state index contributed by atoms with van der Waals surface area (Å²) < 4.78 is 12.1. The fraction of sp³-hybridized carbons (Fsp3) is 0.409. The minimum atomic E-state index is -1.85. The fourth-order valence-electron chi connectivity index (χ4n) is 3.94. The first-order valence-electron chi connectivity index (χ1n) is 10.3. The number of carboxylic acids is 1. The Morgan fingerprint density at radius 2 is 2.00 bits per heavy atom. The van der Waals surface area contributed by atoms with Crippen LogP contribution in [0.4, 0.5) is 5.13 Å². The van der Waals surface area contributed by atoms with Crippen LogP contribution in [0, 0.1) is 13.8 Å². The highest BCUT2D eigenvalue weighted by atomic mass is 32.1. The fourth-order valence-corrected chi connectivity index (χ4v) is 4.88. The number of thiazole rings is 1. The van der Waals surface area contributed by atoms with Crippen molar-refractivity contribution in [1.82, 2.24) is 9.97 Å². The molecule has 0 bridgehead atoms. The Bertz CT molecular complexity index is 1170. The number of pyridine rings is 1. The van der Waals surface area contributed by atoms with Gasteiger partial charge in [0.05, 0.1) is 16.2 Å². The number of fused-ring (bicyclic) bond motifs is 1. The zero-order chi connectivity index (χ0) is 23.9. The average molecular weight is 475 g/mol. The number of aryl methyl sites for hydroxylation is 1. The summed E-state index contributed by atoms with van der Waals surface area (Å²) in [5.41, 5.74) is 4.07. The molecule has 3 heterocycles. The first kappa shape index (κ1) is 23.3. The van der Waals surface area contributed by atoms with E-state index < -0.39 is 36.7 Å². The maximum Gasteiger partial charge on any atom is 0.229 e. The van der Waals surface area contributed by atoms with Gasteiger partial charge < -0.3 is 40.0 Å². The summed E-state index contributed by atoms with van der Waals surface area (Å²) in [7, 11) is 1.77. The van der Waals surface area contributed by atoms with Gasteiger partial charge in [-0.15, -0.1) is 0 Å². The van der Waals surface area contributed by atoms with Crippen molar-refractivity contribution < 1.29 is 34.7 Å². The van der Waals surface area contributed by atoms with Crippen molar-refractivity contribution >= 4 is 32.7 Å². The van der Waals surface area contributed by atoms with Gasteiger partial charge in [-0.3, -0.25) is 4.98 Å². The summed E-state index contributed by atoms with van der Waals surface area (Å²) in [5.74, 6) is -1.35. The SMILES string of the molecule is CNc1nc2c(Cc3cccnc3)c(C)c(O[C@@H]3O[C@H](C(=O)[O-])[C@@H](O)[C@H](O)[C@H]3O)c(C)c2s1. The molecule has 10 nitrogen and oxygen atoms in total. The summed E-state index contributed by atoms with van der Waals surface area (Å²) in [5, 5.41) is 45.6. The van der Waals surface area contributed by atoms with E-state index in [0.29, 0.717) is 17.3 Å². The third-order valence-electron chi connectivity index (χ3n) is 5.74. The number of benzene rings is 1. The molecule has 4 rings (SSSR count). The standard InChI is InChI=1S/C22H25N3O7S/c1-9-12(7-11-5-4-6-24-8-11)13-19(33-22(23-3)25-13)10(2)17(9)31-21-16(28)14(26)15(27)18(32-21)20(29)30/h4-6,8,14-16,18,21,26-28H,7H2,1-3H3,(H,23,25)(H,29,30)/p-1/t14-,15-,16+,18-,21+/m0/s1. The van der Waals surface area contributed by atoms with E-state index in [1.165, 1.54) is 11.3 Å². The van der Waals surface area contributed by atoms with Crippen LogP contribution in [0.15, 0.2) is 24.5 Å². The lowest BCUT2D eigenvalue weighted by molar-refractivity contribution is -0.342. The van der Waals surface area contributed by atoms with E-state index in [1.54, 1.807) is 19.4 Å². The predicted octanol–water partition coefficient (Wildman–Crippen LogP) is -0.123. The number of aliphatic carboxylic acids is 1. The van der Waals surface area contributed by atoms with Crippen LogP contribution in [-0.4, -0.2) is 69.0 Å². The van der Waals surface area contributed by atoms with Crippen molar-refractivity contribution in [3.8, 4) is 5.75 Å². The topological polar surface area (TPSA) is 157 Å². The maximum atomic E-state index is 11.4. The first-order chi connectivity index (χ1) is 15.7. The third kappa shape index (κ3) is 4.25. The van der Waals surface area contributed by atoms with Gasteiger partial charge in [0, 0.05) is 31.4 Å². The number of nitrogens with one attached hydrogen (secondary N) is 1. The molecule has 0 saturated carbocycles. The van der Waals surface area contributed by atoms with Crippen molar-refractivity contribution in [2.75, 3.05) is 12.4 Å². The Morgan fingerprint density at radius 1 is 1.24 bits per heavy atom. The van der Waals surface area contributed by atoms with E-state index in [2.05, 4.69) is 10.3 Å². The number of aliphatic hydroxyl groups excluding tert-OH is 3. The van der Waals surface area contributed by atoms with E-state index in [9.17, 15) is 25.2 Å². The third-order valence-corrected chi connectivity index (χ3v) is 6.93. The molecule has 2 aromatic heterocycles. The minimum absolute atomic E-state index is 0.373. The molecular formula is C22H24N3O7S-. The van der Waals surface area contributed by atoms with Crippen molar-refractivity contribution in [2.24, 2.45) is 0 Å². The predicted molar refractivity (Wildman–Crippen MR) is 118 cm³/mol. The number of carbonyl (C=O) groups is 1. The molecule has 5 atom stereocenters. The van der Waals surface area contributed by atoms with Crippen LogP contribution < -0.4 is 15.2 Å². The monoisotopic (exact) mass is 474 g/mol. The van der Waals surface area contributed by atoms with Gasteiger partial charge in [-0.2, -0.15) is 0 Å². The van der Waals surface area contributed by atoms with Gasteiger partial charge in [0.1, 0.15) is 30.2 Å². The van der Waals surface area contributed by atoms with Crippen LogP contribution in [0.5, 0.6) is 5.75 Å². The summed E-state index contributed by atoms with van der Waals surface area (Å²) in [6.45, 7) is 3.66. The zero-order valence-corrected chi connectivity index (χ0v) is 19.0. The lowest BCUT2D eigenvalue weighted by Gasteiger charge is -2.40. The Morgan fingerprint density at radius 3 is 2.64 bits per heavy atom. The van der Waals surface area contributed by atoms with Crippen molar-refractivity contribution in [3.05, 3.63) is 46.8 Å². The highest BCUT2D eigenvalue weighted by Crippen LogP contribution is 2.41. The van der Waals surface area contributed by atoms with Gasteiger partial charge >= 0.3 is 0 Å². The van der Waals surface area contributed by atoms with E-state index >= 15 is 0 Å². The number of rotatable bonds is 6. The van der Waals surface area contributed by atoms with E-state index in [-0.39, 0.29) is 0 Å². The first-order valence-corrected chi connectivity index (χ1v) is 11.1. The van der Waals surface area contributed by atoms with Crippen LogP contribution in [0.3, 0.4) is 0 Å². The molecule has 3 aromatic rings. The molecule has 33 heavy (non-hydrogen) atoms. The van der Waals surface area contributed by atoms with Gasteiger partial charge in [-0.1, -0.05) is 17.4 Å². The number of nitrogens with zero attached hydrogens (tertiary/aromatic N) is 2. The lowest BCUT2D eigenvalue weighted by atomic mass is 9.96. The Labute approximate surface area is 193 Å². The summed E-state index contributed by atoms with van der Waals surface area (Å²) in [6.07, 6.45) is -4.76. The quantitative estimate of drug-likeness (QED) is 0.380. The van der Waals surface area contributed by atoms with Gasteiger partial charge in [-0.25, -0.2) is 4.98 Å². The smallest absolute Gasteiger partial charge is 0.229 e. The zero-order valence-electron chi connectivity index (χ0n) is 18.2. The van der Waals surface area contributed by atoms with E-state index in [4.69, 9.17) is 14.5 Å². The number of carboxylic acid groups (broad SMARTS) is 1. The minimum Gasteiger partial charge on any atom is -0.547 e. The number of hydrogen-bond donors (Lipinski definition) is 4. The average Bonchev–Trinajstić information content (AvgIpc) is 3.24. The molecule has 1 aliphatic heterocycles. The van der Waals surface area contributed by atoms with Gasteiger partial charge in [-0.05, 0) is 36.6 Å². The number of carbonyl (C=O) groups excluding carboxylic acids is 1. The van der Waals surface area contributed by atoms with Crippen molar-refractivity contribution in [2.45, 2.75) is 51.0 Å². The number of aromatic nitrogens is 2. The second-order valence-corrected chi connectivity index (χ2v) is 8.88. The Hall–Kier alpha value is -2.83. The van der Waals surface area contributed by atoms with Crippen molar-refractivity contribution in [3.63, 3.8) is 0 Å². The molecule has 4 N–H and O–H groups in total. The second kappa shape index (κ2) is 9.20. The van der Waals surface area contributed by atoms with Gasteiger partial charge in [0.25, 0.3) is 0 Å².